The Morgan fingerprint density at radius 1 is 1.31 bits per heavy atom. The van der Waals surface area contributed by atoms with Crippen molar-refractivity contribution in [3.8, 4) is 0 Å². The van der Waals surface area contributed by atoms with Crippen molar-refractivity contribution in [2.75, 3.05) is 20.1 Å². The number of hydrogen-bond acceptors (Lipinski definition) is 2. The number of rotatable bonds is 0. The SMILES string of the molecule is CN1CCCN=C1C(C)(C)C.[CH3-].[Zr]. The van der Waals surface area contributed by atoms with Crippen LogP contribution in [-0.2, 0) is 26.2 Å². The fourth-order valence-corrected chi connectivity index (χ4v) is 1.53. The zero-order valence-electron chi connectivity index (χ0n) is 9.52. The number of nitrogens with zero attached hydrogens (tertiary/aromatic N) is 2. The van der Waals surface area contributed by atoms with Gasteiger partial charge in [-0.1, -0.05) is 20.8 Å². The maximum absolute atomic E-state index is 4.52. The number of amidine groups is 1. The van der Waals surface area contributed by atoms with Crippen LogP contribution >= 0.6 is 0 Å². The first-order chi connectivity index (χ1) is 5.02. The van der Waals surface area contributed by atoms with Crippen LogP contribution < -0.4 is 0 Å². The first kappa shape index (κ1) is 15.8. The molecule has 0 saturated heterocycles. The second-order valence-electron chi connectivity index (χ2n) is 4.23. The summed E-state index contributed by atoms with van der Waals surface area (Å²) < 4.78 is 0. The van der Waals surface area contributed by atoms with E-state index in [-0.39, 0.29) is 39.0 Å². The minimum absolute atomic E-state index is 0. The van der Waals surface area contributed by atoms with Crippen LogP contribution in [0.4, 0.5) is 0 Å². The molecule has 1 aliphatic rings. The summed E-state index contributed by atoms with van der Waals surface area (Å²) in [5, 5.41) is 0. The third kappa shape index (κ3) is 4.40. The average molecular weight is 261 g/mol. The Morgan fingerprint density at radius 2 is 1.85 bits per heavy atom. The van der Waals surface area contributed by atoms with Gasteiger partial charge < -0.3 is 12.3 Å². The van der Waals surface area contributed by atoms with Crippen LogP contribution in [0.25, 0.3) is 0 Å². The predicted octanol–water partition coefficient (Wildman–Crippen LogP) is 2.21. The molecule has 0 radical (unpaired) electrons. The van der Waals surface area contributed by atoms with Crippen LogP contribution in [0.3, 0.4) is 0 Å². The molecule has 0 N–H and O–H groups in total. The van der Waals surface area contributed by atoms with Gasteiger partial charge in [0, 0.05) is 51.8 Å². The largest absolute Gasteiger partial charge is 0.363 e. The van der Waals surface area contributed by atoms with Crippen molar-refractivity contribution in [3.05, 3.63) is 7.43 Å². The monoisotopic (exact) mass is 259 g/mol. The summed E-state index contributed by atoms with van der Waals surface area (Å²) >= 11 is 0. The Kier molecular flexibility index (Phi) is 7.24. The molecule has 0 bridgehead atoms. The maximum atomic E-state index is 4.52. The summed E-state index contributed by atoms with van der Waals surface area (Å²) in [5.41, 5.74) is 0.217. The molecule has 0 aromatic carbocycles. The van der Waals surface area contributed by atoms with E-state index in [2.05, 4.69) is 37.7 Å². The molecule has 0 saturated carbocycles. The third-order valence-electron chi connectivity index (χ3n) is 1.95. The molecule has 0 atom stereocenters. The summed E-state index contributed by atoms with van der Waals surface area (Å²) in [6, 6.07) is 0. The van der Waals surface area contributed by atoms with Crippen molar-refractivity contribution >= 4 is 5.84 Å². The van der Waals surface area contributed by atoms with E-state index < -0.39 is 0 Å². The van der Waals surface area contributed by atoms with E-state index in [1.54, 1.807) is 0 Å². The molecule has 0 aromatic heterocycles. The molecule has 2 nitrogen and oxygen atoms in total. The van der Waals surface area contributed by atoms with Gasteiger partial charge in [0.2, 0.25) is 0 Å². The van der Waals surface area contributed by atoms with Gasteiger partial charge in [0.1, 0.15) is 5.84 Å². The van der Waals surface area contributed by atoms with E-state index in [1.807, 2.05) is 0 Å². The Bertz CT molecular complexity index is 170. The fraction of sp³-hybridized carbons (Fsp3) is 0.800. The number of aliphatic imine (C=N–C) groups is 1. The molecule has 0 aromatic rings. The van der Waals surface area contributed by atoms with Gasteiger partial charge in [-0.3, -0.25) is 4.99 Å². The predicted molar refractivity (Wildman–Crippen MR) is 55.4 cm³/mol. The van der Waals surface area contributed by atoms with Crippen LogP contribution in [0.15, 0.2) is 4.99 Å². The van der Waals surface area contributed by atoms with Crippen LogP contribution in [0.2, 0.25) is 0 Å². The van der Waals surface area contributed by atoms with Crippen molar-refractivity contribution in [3.63, 3.8) is 0 Å². The average Bonchev–Trinajstić information content (AvgIpc) is 1.86. The summed E-state index contributed by atoms with van der Waals surface area (Å²) in [5.74, 6) is 1.25. The normalized spacial score (nSPS) is 16.9. The standard InChI is InChI=1S/C9H18N2.CH3.Zr/c1-9(2,3)8-10-6-5-7-11(8)4;;/h5-7H2,1-4H3;1H3;/q;-1;. The zero-order valence-corrected chi connectivity index (χ0v) is 12.0. The molecule has 3 heteroatoms. The van der Waals surface area contributed by atoms with Gasteiger partial charge in [-0.2, -0.15) is 0 Å². The minimum Gasteiger partial charge on any atom is -0.363 e. The summed E-state index contributed by atoms with van der Waals surface area (Å²) in [4.78, 5) is 6.79. The van der Waals surface area contributed by atoms with Gasteiger partial charge in [-0.25, -0.2) is 0 Å². The Morgan fingerprint density at radius 3 is 2.15 bits per heavy atom. The van der Waals surface area contributed by atoms with Crippen molar-refractivity contribution in [1.29, 1.82) is 0 Å². The molecule has 76 valence electrons. The minimum atomic E-state index is 0. The summed E-state index contributed by atoms with van der Waals surface area (Å²) in [7, 11) is 2.13. The van der Waals surface area contributed by atoms with E-state index in [0.717, 1.165) is 13.1 Å². The Balaban J connectivity index is 0. The van der Waals surface area contributed by atoms with Gasteiger partial charge in [0.25, 0.3) is 0 Å². The van der Waals surface area contributed by atoms with Crippen LogP contribution in [0.5, 0.6) is 0 Å². The first-order valence-corrected chi connectivity index (χ1v) is 4.28. The van der Waals surface area contributed by atoms with Gasteiger partial charge in [-0.05, 0) is 6.42 Å². The molecular weight excluding hydrogens is 239 g/mol. The van der Waals surface area contributed by atoms with Crippen molar-refractivity contribution < 1.29 is 26.2 Å². The van der Waals surface area contributed by atoms with Crippen LogP contribution in [0.1, 0.15) is 27.2 Å². The van der Waals surface area contributed by atoms with Gasteiger partial charge >= 0.3 is 0 Å². The molecule has 0 fully saturated rings. The molecule has 1 heterocycles. The summed E-state index contributed by atoms with van der Waals surface area (Å²) in [6.45, 7) is 8.82. The second kappa shape index (κ2) is 5.95. The molecular formula is C10H21N2Zr-. The first-order valence-electron chi connectivity index (χ1n) is 4.28. The summed E-state index contributed by atoms with van der Waals surface area (Å²) in [6.07, 6.45) is 1.20. The van der Waals surface area contributed by atoms with Crippen molar-refractivity contribution in [2.24, 2.45) is 10.4 Å². The molecule has 0 aliphatic carbocycles. The second-order valence-corrected chi connectivity index (χ2v) is 4.23. The quantitative estimate of drug-likeness (QED) is 0.610. The molecule has 1 aliphatic heterocycles. The topological polar surface area (TPSA) is 15.6 Å². The Labute approximate surface area is 102 Å². The van der Waals surface area contributed by atoms with Gasteiger partial charge in [-0.15, -0.1) is 0 Å². The van der Waals surface area contributed by atoms with Crippen molar-refractivity contribution in [1.82, 2.24) is 4.90 Å². The Hall–Kier alpha value is 0.353. The molecule has 13 heavy (non-hydrogen) atoms. The molecule has 0 spiro atoms. The van der Waals surface area contributed by atoms with E-state index >= 15 is 0 Å². The maximum Gasteiger partial charge on any atom is 0.104 e. The molecule has 0 amide bonds. The van der Waals surface area contributed by atoms with Gasteiger partial charge in [0.15, 0.2) is 0 Å². The molecule has 0 unspecified atom stereocenters. The van der Waals surface area contributed by atoms with Crippen LogP contribution in [0, 0.1) is 12.8 Å². The number of hydrogen-bond donors (Lipinski definition) is 0. The van der Waals surface area contributed by atoms with E-state index in [4.69, 9.17) is 0 Å². The van der Waals surface area contributed by atoms with Crippen LogP contribution in [-0.4, -0.2) is 30.9 Å². The van der Waals surface area contributed by atoms with E-state index in [9.17, 15) is 0 Å². The zero-order chi connectivity index (χ0) is 8.48. The third-order valence-corrected chi connectivity index (χ3v) is 1.95. The molecule has 1 rings (SSSR count). The van der Waals surface area contributed by atoms with E-state index in [0.29, 0.717) is 0 Å². The van der Waals surface area contributed by atoms with Gasteiger partial charge in [0.05, 0.1) is 0 Å². The fourth-order valence-electron chi connectivity index (χ4n) is 1.53. The van der Waals surface area contributed by atoms with E-state index in [1.165, 1.54) is 12.3 Å². The van der Waals surface area contributed by atoms with Crippen molar-refractivity contribution in [2.45, 2.75) is 27.2 Å². The smallest absolute Gasteiger partial charge is 0.104 e.